The van der Waals surface area contributed by atoms with Crippen LogP contribution in [-0.2, 0) is 6.54 Å². The fourth-order valence-electron chi connectivity index (χ4n) is 2.96. The number of nitrogens with one attached hydrogen (secondary N) is 1. The van der Waals surface area contributed by atoms with Crippen molar-refractivity contribution < 1.29 is 13.6 Å². The maximum atomic E-state index is 13.6. The van der Waals surface area contributed by atoms with Crippen LogP contribution in [0.25, 0.3) is 11.3 Å². The number of benzene rings is 2. The van der Waals surface area contributed by atoms with Crippen LogP contribution in [0.2, 0.25) is 0 Å². The minimum atomic E-state index is -0.972. The van der Waals surface area contributed by atoms with Crippen LogP contribution in [0.3, 0.4) is 0 Å². The average Bonchev–Trinajstić information content (AvgIpc) is 3.12. The van der Waals surface area contributed by atoms with Crippen molar-refractivity contribution in [2.24, 2.45) is 0 Å². The third-order valence-corrected chi connectivity index (χ3v) is 5.37. The molecule has 0 aliphatic carbocycles. The van der Waals surface area contributed by atoms with E-state index in [0.29, 0.717) is 11.3 Å². The van der Waals surface area contributed by atoms with E-state index in [1.807, 2.05) is 30.3 Å². The Balaban J connectivity index is 1.55. The summed E-state index contributed by atoms with van der Waals surface area (Å²) in [5.41, 5.74) is 1.45. The summed E-state index contributed by atoms with van der Waals surface area (Å²) in [5, 5.41) is 7.08. The summed E-state index contributed by atoms with van der Waals surface area (Å²) in [6.45, 7) is 2.00. The zero-order valence-corrected chi connectivity index (χ0v) is 17.1. The molecule has 0 atom stereocenters. The predicted molar refractivity (Wildman–Crippen MR) is 114 cm³/mol. The normalized spacial score (nSPS) is 10.8. The number of hydrogen-bond donors (Lipinski definition) is 1. The van der Waals surface area contributed by atoms with Crippen molar-refractivity contribution in [3.8, 4) is 11.3 Å². The smallest absolute Gasteiger partial charge is 0.277 e. The number of aromatic nitrogens is 3. The molecule has 1 N–H and O–H groups in total. The first kappa shape index (κ1) is 20.5. The Bertz CT molecular complexity index is 1320. The van der Waals surface area contributed by atoms with Crippen LogP contribution >= 0.6 is 11.3 Å². The van der Waals surface area contributed by atoms with Crippen LogP contribution in [-0.4, -0.2) is 20.7 Å². The van der Waals surface area contributed by atoms with E-state index in [4.69, 9.17) is 0 Å². The number of thiazole rings is 1. The lowest BCUT2D eigenvalue weighted by molar-refractivity contribution is 0.102. The van der Waals surface area contributed by atoms with Gasteiger partial charge in [-0.15, -0.1) is 11.3 Å². The average molecular weight is 438 g/mol. The number of anilines is 1. The van der Waals surface area contributed by atoms with Crippen molar-refractivity contribution in [3.05, 3.63) is 98.8 Å². The molecule has 6 nitrogen and oxygen atoms in total. The van der Waals surface area contributed by atoms with Gasteiger partial charge in [-0.3, -0.25) is 14.9 Å². The first-order valence-corrected chi connectivity index (χ1v) is 10.1. The molecule has 0 saturated heterocycles. The Labute approximate surface area is 179 Å². The lowest BCUT2D eigenvalue weighted by atomic mass is 10.1. The molecule has 0 spiro atoms. The fraction of sp³-hybridized carbons (Fsp3) is 0.0909. The minimum absolute atomic E-state index is 0.0535. The van der Waals surface area contributed by atoms with Crippen molar-refractivity contribution in [1.29, 1.82) is 0 Å². The maximum absolute atomic E-state index is 13.6. The zero-order chi connectivity index (χ0) is 22.0. The largest absolute Gasteiger partial charge is 0.296 e. The first-order chi connectivity index (χ1) is 14.9. The summed E-state index contributed by atoms with van der Waals surface area (Å²) in [7, 11) is 0. The van der Waals surface area contributed by atoms with Crippen molar-refractivity contribution in [2.75, 3.05) is 5.32 Å². The summed E-state index contributed by atoms with van der Waals surface area (Å²) in [4.78, 5) is 29.8. The molecule has 1 amide bonds. The Hall–Kier alpha value is -3.72. The van der Waals surface area contributed by atoms with E-state index in [0.717, 1.165) is 22.6 Å². The number of nitrogens with zero attached hydrogens (tertiary/aromatic N) is 3. The third kappa shape index (κ3) is 4.56. The molecular formula is C22H16F2N4O2S. The van der Waals surface area contributed by atoms with E-state index in [-0.39, 0.29) is 22.9 Å². The number of carbonyl (C=O) groups is 1. The third-order valence-electron chi connectivity index (χ3n) is 4.48. The van der Waals surface area contributed by atoms with Crippen molar-refractivity contribution in [2.45, 2.75) is 13.5 Å². The number of halogens is 2. The second-order valence-electron chi connectivity index (χ2n) is 6.71. The van der Waals surface area contributed by atoms with E-state index >= 15 is 0 Å². The summed E-state index contributed by atoms with van der Waals surface area (Å²) in [6.07, 6.45) is 0. The molecule has 2 aromatic carbocycles. The molecule has 31 heavy (non-hydrogen) atoms. The van der Waals surface area contributed by atoms with Gasteiger partial charge in [0.05, 0.1) is 12.2 Å². The highest BCUT2D eigenvalue weighted by Gasteiger charge is 2.16. The fourth-order valence-corrected chi connectivity index (χ4v) is 3.79. The topological polar surface area (TPSA) is 76.9 Å². The molecule has 0 aliphatic rings. The van der Waals surface area contributed by atoms with Gasteiger partial charge in [0.1, 0.15) is 5.69 Å². The maximum Gasteiger partial charge on any atom is 0.277 e. The molecule has 0 saturated carbocycles. The summed E-state index contributed by atoms with van der Waals surface area (Å²) < 4.78 is 28.0. The van der Waals surface area contributed by atoms with E-state index in [9.17, 15) is 18.4 Å². The Kier molecular flexibility index (Phi) is 5.68. The van der Waals surface area contributed by atoms with Crippen LogP contribution in [0.15, 0.2) is 65.5 Å². The predicted octanol–water partition coefficient (Wildman–Crippen LogP) is 4.25. The Morgan fingerprint density at radius 1 is 1.06 bits per heavy atom. The number of carbonyl (C=O) groups excluding carboxylic acids is 1. The molecule has 0 radical (unpaired) electrons. The Morgan fingerprint density at radius 2 is 1.84 bits per heavy atom. The van der Waals surface area contributed by atoms with Gasteiger partial charge in [-0.1, -0.05) is 30.3 Å². The standard InChI is InChI=1S/C22H16F2N4O2S/c1-13-20(15-7-8-16(23)17(24)11-15)25-22(31-13)26-21(30)18-9-10-19(29)28(27-18)12-14-5-3-2-4-6-14/h2-11H,12H2,1H3,(H,25,26,30). The highest BCUT2D eigenvalue weighted by molar-refractivity contribution is 7.16. The summed E-state index contributed by atoms with van der Waals surface area (Å²) in [6, 6.07) is 15.4. The van der Waals surface area contributed by atoms with Crippen LogP contribution in [0.1, 0.15) is 20.9 Å². The van der Waals surface area contributed by atoms with E-state index < -0.39 is 17.5 Å². The zero-order valence-electron chi connectivity index (χ0n) is 16.3. The van der Waals surface area contributed by atoms with Gasteiger partial charge >= 0.3 is 0 Å². The molecule has 0 bridgehead atoms. The Morgan fingerprint density at radius 3 is 2.58 bits per heavy atom. The number of rotatable bonds is 5. The molecule has 156 valence electrons. The van der Waals surface area contributed by atoms with Crippen LogP contribution in [0.5, 0.6) is 0 Å². The molecular weight excluding hydrogens is 422 g/mol. The second-order valence-corrected chi connectivity index (χ2v) is 7.91. The van der Waals surface area contributed by atoms with Gasteiger partial charge in [0.2, 0.25) is 0 Å². The van der Waals surface area contributed by atoms with Crippen LogP contribution in [0, 0.1) is 18.6 Å². The van der Waals surface area contributed by atoms with Crippen molar-refractivity contribution in [3.63, 3.8) is 0 Å². The van der Waals surface area contributed by atoms with Gasteiger partial charge in [0, 0.05) is 16.5 Å². The van der Waals surface area contributed by atoms with Gasteiger partial charge in [-0.05, 0) is 36.8 Å². The van der Waals surface area contributed by atoms with E-state index in [1.165, 1.54) is 34.2 Å². The van der Waals surface area contributed by atoms with Crippen molar-refractivity contribution >= 4 is 22.4 Å². The molecule has 2 heterocycles. The molecule has 4 rings (SSSR count). The lowest BCUT2D eigenvalue weighted by Crippen LogP contribution is -2.26. The van der Waals surface area contributed by atoms with Gasteiger partial charge in [0.15, 0.2) is 16.8 Å². The van der Waals surface area contributed by atoms with Crippen LogP contribution in [0.4, 0.5) is 13.9 Å². The molecule has 4 aromatic rings. The monoisotopic (exact) mass is 438 g/mol. The van der Waals surface area contributed by atoms with Gasteiger partial charge < -0.3 is 0 Å². The second kappa shape index (κ2) is 8.57. The summed E-state index contributed by atoms with van der Waals surface area (Å²) >= 11 is 1.20. The molecule has 9 heteroatoms. The number of hydrogen-bond acceptors (Lipinski definition) is 5. The minimum Gasteiger partial charge on any atom is -0.296 e. The van der Waals surface area contributed by atoms with E-state index in [1.54, 1.807) is 6.92 Å². The SMILES string of the molecule is Cc1sc(NC(=O)c2ccc(=O)n(Cc3ccccc3)n2)nc1-c1ccc(F)c(F)c1. The molecule has 0 unspecified atom stereocenters. The van der Waals surface area contributed by atoms with Gasteiger partial charge in [-0.2, -0.15) is 5.10 Å². The van der Waals surface area contributed by atoms with Gasteiger partial charge in [-0.25, -0.2) is 18.4 Å². The van der Waals surface area contributed by atoms with E-state index in [2.05, 4.69) is 15.4 Å². The van der Waals surface area contributed by atoms with Crippen LogP contribution < -0.4 is 10.9 Å². The number of amides is 1. The number of aryl methyl sites for hydroxylation is 1. The van der Waals surface area contributed by atoms with Gasteiger partial charge in [0.25, 0.3) is 11.5 Å². The quantitative estimate of drug-likeness (QED) is 0.505. The first-order valence-electron chi connectivity index (χ1n) is 9.27. The molecule has 0 aliphatic heterocycles. The lowest BCUT2D eigenvalue weighted by Gasteiger charge is -2.07. The molecule has 0 fully saturated rings. The highest BCUT2D eigenvalue weighted by atomic mass is 32.1. The summed E-state index contributed by atoms with van der Waals surface area (Å²) in [5.74, 6) is -2.45. The molecule has 2 aromatic heterocycles. The highest BCUT2D eigenvalue weighted by Crippen LogP contribution is 2.31. The van der Waals surface area contributed by atoms with Crippen molar-refractivity contribution in [1.82, 2.24) is 14.8 Å².